The number of halogens is 1. The Labute approximate surface area is 124 Å². The highest BCUT2D eigenvalue weighted by atomic mass is 79.9. The molecule has 0 spiro atoms. The molecule has 8 heteroatoms. The first-order chi connectivity index (χ1) is 9.47. The molecule has 0 saturated heterocycles. The molecule has 0 saturated carbocycles. The molecule has 0 fully saturated rings. The molecule has 0 bridgehead atoms. The zero-order chi connectivity index (χ0) is 14.7. The van der Waals surface area contributed by atoms with Crippen LogP contribution in [0.15, 0.2) is 23.1 Å². The van der Waals surface area contributed by atoms with Crippen LogP contribution >= 0.6 is 15.9 Å². The van der Waals surface area contributed by atoms with Crippen LogP contribution in [0.2, 0.25) is 0 Å². The fourth-order valence-electron chi connectivity index (χ4n) is 1.43. The second-order valence-corrected chi connectivity index (χ2v) is 5.11. The standard InChI is InChI=1S/C12H13BrN6O/c1-7-4-9(16-6-15-7)17-11(20)10-8(13)5-14-12(18-10)19(2)3/h4-6H,1-3H3,(H,15,16,17,20). The molecule has 1 N–H and O–H groups in total. The van der Waals surface area contributed by atoms with E-state index in [1.54, 1.807) is 31.3 Å². The van der Waals surface area contributed by atoms with Gasteiger partial charge in [0.15, 0.2) is 0 Å². The molecular formula is C12H13BrN6O. The van der Waals surface area contributed by atoms with Crippen LogP contribution in [0.5, 0.6) is 0 Å². The predicted octanol–water partition coefficient (Wildman–Crippen LogP) is 1.66. The molecule has 0 radical (unpaired) electrons. The molecule has 104 valence electrons. The van der Waals surface area contributed by atoms with Crippen molar-refractivity contribution in [2.24, 2.45) is 0 Å². The molecule has 0 aliphatic carbocycles. The van der Waals surface area contributed by atoms with Crippen LogP contribution in [0, 0.1) is 6.92 Å². The third-order valence-corrected chi connectivity index (χ3v) is 2.97. The number of anilines is 2. The van der Waals surface area contributed by atoms with Crippen molar-refractivity contribution in [2.75, 3.05) is 24.3 Å². The number of carbonyl (C=O) groups excluding carboxylic acids is 1. The quantitative estimate of drug-likeness (QED) is 0.917. The maximum atomic E-state index is 12.2. The predicted molar refractivity (Wildman–Crippen MR) is 78.8 cm³/mol. The molecule has 2 aromatic heterocycles. The van der Waals surface area contributed by atoms with E-state index in [4.69, 9.17) is 0 Å². The van der Waals surface area contributed by atoms with Gasteiger partial charge in [0, 0.05) is 32.1 Å². The Bertz CT molecular complexity index is 646. The van der Waals surface area contributed by atoms with Crippen molar-refractivity contribution in [3.63, 3.8) is 0 Å². The molecule has 0 unspecified atom stereocenters. The van der Waals surface area contributed by atoms with Crippen molar-refractivity contribution in [2.45, 2.75) is 6.92 Å². The zero-order valence-corrected chi connectivity index (χ0v) is 12.8. The van der Waals surface area contributed by atoms with Crippen molar-refractivity contribution in [1.82, 2.24) is 19.9 Å². The van der Waals surface area contributed by atoms with E-state index in [0.717, 1.165) is 5.69 Å². The maximum Gasteiger partial charge on any atom is 0.276 e. The van der Waals surface area contributed by atoms with Crippen molar-refractivity contribution in [1.29, 1.82) is 0 Å². The van der Waals surface area contributed by atoms with E-state index in [1.807, 2.05) is 6.92 Å². The lowest BCUT2D eigenvalue weighted by Crippen LogP contribution is -2.19. The van der Waals surface area contributed by atoms with Crippen LogP contribution in [0.4, 0.5) is 11.8 Å². The number of carbonyl (C=O) groups is 1. The number of hydrogen-bond donors (Lipinski definition) is 1. The summed E-state index contributed by atoms with van der Waals surface area (Å²) in [5.41, 5.74) is 1.02. The lowest BCUT2D eigenvalue weighted by Gasteiger charge is -2.12. The first kappa shape index (κ1) is 14.3. The topological polar surface area (TPSA) is 83.9 Å². The van der Waals surface area contributed by atoms with Crippen LogP contribution in [-0.2, 0) is 0 Å². The SMILES string of the molecule is Cc1cc(NC(=O)c2nc(N(C)C)ncc2Br)ncn1. The highest BCUT2D eigenvalue weighted by Gasteiger charge is 2.15. The number of aryl methyl sites for hydroxylation is 1. The Morgan fingerprint density at radius 1 is 1.30 bits per heavy atom. The van der Waals surface area contributed by atoms with Gasteiger partial charge >= 0.3 is 0 Å². The Kier molecular flexibility index (Phi) is 4.23. The summed E-state index contributed by atoms with van der Waals surface area (Å²) < 4.78 is 0.520. The number of amides is 1. The van der Waals surface area contributed by atoms with Gasteiger partial charge in [-0.1, -0.05) is 0 Å². The van der Waals surface area contributed by atoms with Crippen LogP contribution in [0.3, 0.4) is 0 Å². The minimum atomic E-state index is -0.361. The summed E-state index contributed by atoms with van der Waals surface area (Å²) in [4.78, 5) is 30.2. The fraction of sp³-hybridized carbons (Fsp3) is 0.250. The molecule has 7 nitrogen and oxygen atoms in total. The number of hydrogen-bond acceptors (Lipinski definition) is 6. The molecule has 0 aliphatic heterocycles. The molecular weight excluding hydrogens is 324 g/mol. The Hall–Kier alpha value is -2.09. The highest BCUT2D eigenvalue weighted by molar-refractivity contribution is 9.10. The maximum absolute atomic E-state index is 12.2. The highest BCUT2D eigenvalue weighted by Crippen LogP contribution is 2.17. The van der Waals surface area contributed by atoms with Gasteiger partial charge in [-0.25, -0.2) is 19.9 Å². The van der Waals surface area contributed by atoms with E-state index >= 15 is 0 Å². The van der Waals surface area contributed by atoms with E-state index in [-0.39, 0.29) is 11.6 Å². The van der Waals surface area contributed by atoms with Crippen LogP contribution < -0.4 is 10.2 Å². The number of nitrogens with one attached hydrogen (secondary N) is 1. The summed E-state index contributed by atoms with van der Waals surface area (Å²) in [5.74, 6) is 0.525. The molecule has 1 amide bonds. The summed E-state index contributed by atoms with van der Waals surface area (Å²) in [6.07, 6.45) is 2.94. The summed E-state index contributed by atoms with van der Waals surface area (Å²) in [7, 11) is 3.61. The van der Waals surface area contributed by atoms with Gasteiger partial charge in [-0.2, -0.15) is 0 Å². The second kappa shape index (κ2) is 5.91. The lowest BCUT2D eigenvalue weighted by molar-refractivity contribution is 0.102. The van der Waals surface area contributed by atoms with Gasteiger partial charge in [-0.05, 0) is 22.9 Å². The lowest BCUT2D eigenvalue weighted by atomic mass is 10.3. The molecule has 0 aliphatic rings. The minimum absolute atomic E-state index is 0.250. The number of nitrogens with zero attached hydrogens (tertiary/aromatic N) is 5. The molecule has 2 rings (SSSR count). The first-order valence-corrected chi connectivity index (χ1v) is 6.56. The molecule has 0 atom stereocenters. The third-order valence-electron chi connectivity index (χ3n) is 2.39. The Morgan fingerprint density at radius 3 is 2.70 bits per heavy atom. The average molecular weight is 337 g/mol. The largest absolute Gasteiger partial charge is 0.347 e. The van der Waals surface area contributed by atoms with Crippen molar-refractivity contribution < 1.29 is 4.79 Å². The van der Waals surface area contributed by atoms with Gasteiger partial charge in [0.05, 0.1) is 4.47 Å². The monoisotopic (exact) mass is 336 g/mol. The van der Waals surface area contributed by atoms with Gasteiger partial charge in [0.2, 0.25) is 5.95 Å². The van der Waals surface area contributed by atoms with Gasteiger partial charge in [0.1, 0.15) is 17.8 Å². The van der Waals surface area contributed by atoms with E-state index in [2.05, 4.69) is 41.2 Å². The van der Waals surface area contributed by atoms with Gasteiger partial charge in [-0.3, -0.25) is 4.79 Å². The smallest absolute Gasteiger partial charge is 0.276 e. The van der Waals surface area contributed by atoms with Crippen LogP contribution in [-0.4, -0.2) is 39.9 Å². The molecule has 2 heterocycles. The van der Waals surface area contributed by atoms with Gasteiger partial charge in [-0.15, -0.1) is 0 Å². The summed E-state index contributed by atoms with van der Waals surface area (Å²) in [5, 5.41) is 2.68. The van der Waals surface area contributed by atoms with Crippen molar-refractivity contribution in [3.05, 3.63) is 34.5 Å². The normalized spacial score (nSPS) is 10.2. The van der Waals surface area contributed by atoms with E-state index in [1.165, 1.54) is 6.33 Å². The summed E-state index contributed by atoms with van der Waals surface area (Å²) in [6, 6.07) is 1.68. The van der Waals surface area contributed by atoms with Gasteiger partial charge in [0.25, 0.3) is 5.91 Å². The first-order valence-electron chi connectivity index (χ1n) is 5.77. The zero-order valence-electron chi connectivity index (χ0n) is 11.3. The van der Waals surface area contributed by atoms with Crippen molar-refractivity contribution in [3.8, 4) is 0 Å². The van der Waals surface area contributed by atoms with Gasteiger partial charge < -0.3 is 10.2 Å². The summed E-state index contributed by atoms with van der Waals surface area (Å²) >= 11 is 3.27. The molecule has 20 heavy (non-hydrogen) atoms. The Morgan fingerprint density at radius 2 is 2.05 bits per heavy atom. The average Bonchev–Trinajstić information content (AvgIpc) is 2.38. The Balaban J connectivity index is 2.27. The minimum Gasteiger partial charge on any atom is -0.347 e. The fourth-order valence-corrected chi connectivity index (χ4v) is 1.80. The van der Waals surface area contributed by atoms with E-state index < -0.39 is 0 Å². The van der Waals surface area contributed by atoms with E-state index in [9.17, 15) is 4.79 Å². The third kappa shape index (κ3) is 3.27. The van der Waals surface area contributed by atoms with E-state index in [0.29, 0.717) is 16.2 Å². The second-order valence-electron chi connectivity index (χ2n) is 4.26. The molecule has 2 aromatic rings. The molecule has 0 aromatic carbocycles. The number of rotatable bonds is 3. The van der Waals surface area contributed by atoms with Crippen LogP contribution in [0.1, 0.15) is 16.2 Å². The van der Waals surface area contributed by atoms with Crippen LogP contribution in [0.25, 0.3) is 0 Å². The number of aromatic nitrogens is 4. The summed E-state index contributed by atoms with van der Waals surface area (Å²) in [6.45, 7) is 1.82. The van der Waals surface area contributed by atoms with Crippen molar-refractivity contribution >= 4 is 33.6 Å².